The predicted octanol–water partition coefficient (Wildman–Crippen LogP) is 2.15. The Kier molecular flexibility index (Phi) is 1.80. The van der Waals surface area contributed by atoms with Crippen molar-refractivity contribution in [1.82, 2.24) is 0 Å². The van der Waals surface area contributed by atoms with E-state index >= 15 is 0 Å². The van der Waals surface area contributed by atoms with Gasteiger partial charge in [-0.15, -0.1) is 0 Å². The first-order chi connectivity index (χ1) is 4.46. The molecule has 0 bridgehead atoms. The van der Waals surface area contributed by atoms with E-state index < -0.39 is 5.60 Å². The predicted molar refractivity (Wildman–Crippen MR) is 42.6 cm³/mol. The molecular formula is C9H17O. The average molecular weight is 141 g/mol. The molecule has 0 heterocycles. The summed E-state index contributed by atoms with van der Waals surface area (Å²) in [7, 11) is 0. The van der Waals surface area contributed by atoms with Gasteiger partial charge in [0, 0.05) is 0 Å². The maximum absolute atomic E-state index is 9.88. The Bertz CT molecular complexity index is 109. The van der Waals surface area contributed by atoms with Gasteiger partial charge in [0.2, 0.25) is 0 Å². The van der Waals surface area contributed by atoms with Crippen molar-refractivity contribution in [2.75, 3.05) is 0 Å². The Morgan fingerprint density at radius 2 is 1.90 bits per heavy atom. The minimum atomic E-state index is -0.457. The van der Waals surface area contributed by atoms with E-state index in [2.05, 4.69) is 20.3 Å². The minimum absolute atomic E-state index is 0.0747. The Hall–Kier alpha value is -0.0400. The van der Waals surface area contributed by atoms with Gasteiger partial charge in [0.15, 0.2) is 0 Å². The van der Waals surface area contributed by atoms with E-state index in [4.69, 9.17) is 0 Å². The van der Waals surface area contributed by atoms with Crippen LogP contribution in [0, 0.1) is 11.8 Å². The lowest BCUT2D eigenvalue weighted by Gasteiger charge is -2.43. The quantitative estimate of drug-likeness (QED) is 0.548. The third-order valence-electron chi connectivity index (χ3n) is 2.95. The zero-order valence-electron chi connectivity index (χ0n) is 7.15. The van der Waals surface area contributed by atoms with Gasteiger partial charge < -0.3 is 5.11 Å². The van der Waals surface area contributed by atoms with Crippen LogP contribution in [0.5, 0.6) is 0 Å². The van der Waals surface area contributed by atoms with Gasteiger partial charge >= 0.3 is 0 Å². The van der Waals surface area contributed by atoms with Gasteiger partial charge in [-0.2, -0.15) is 0 Å². The van der Waals surface area contributed by atoms with Crippen molar-refractivity contribution in [3.05, 3.63) is 6.42 Å². The van der Waals surface area contributed by atoms with E-state index in [0.29, 0.717) is 0 Å². The molecule has 0 amide bonds. The smallest absolute Gasteiger partial charge is 0.0670 e. The topological polar surface area (TPSA) is 20.2 Å². The summed E-state index contributed by atoms with van der Waals surface area (Å²) in [6, 6.07) is 0. The van der Waals surface area contributed by atoms with E-state index in [0.717, 1.165) is 19.3 Å². The van der Waals surface area contributed by atoms with Crippen LogP contribution in [0.2, 0.25) is 0 Å². The Morgan fingerprint density at radius 1 is 1.30 bits per heavy atom. The molecule has 1 aliphatic carbocycles. The largest absolute Gasteiger partial charge is 0.390 e. The van der Waals surface area contributed by atoms with Crippen LogP contribution in [0.4, 0.5) is 0 Å². The highest BCUT2D eigenvalue weighted by molar-refractivity contribution is 4.98. The summed E-state index contributed by atoms with van der Waals surface area (Å²) in [4.78, 5) is 0. The SMILES string of the molecule is CC1(C)C[CH]CCC1(C)O. The first kappa shape index (κ1) is 8.06. The maximum Gasteiger partial charge on any atom is 0.0670 e. The molecule has 1 rings (SSSR count). The maximum atomic E-state index is 9.88. The van der Waals surface area contributed by atoms with Crippen molar-refractivity contribution in [3.63, 3.8) is 0 Å². The van der Waals surface area contributed by atoms with Crippen LogP contribution in [0.3, 0.4) is 0 Å². The molecule has 0 aliphatic heterocycles. The molecule has 1 heteroatoms. The molecule has 1 unspecified atom stereocenters. The van der Waals surface area contributed by atoms with E-state index in [1.165, 1.54) is 0 Å². The van der Waals surface area contributed by atoms with Gasteiger partial charge in [0.25, 0.3) is 0 Å². The van der Waals surface area contributed by atoms with Crippen molar-refractivity contribution in [3.8, 4) is 0 Å². The number of aliphatic hydroxyl groups is 1. The Morgan fingerprint density at radius 3 is 2.20 bits per heavy atom. The molecule has 0 aromatic heterocycles. The van der Waals surface area contributed by atoms with Gasteiger partial charge in [-0.3, -0.25) is 0 Å². The number of hydrogen-bond acceptors (Lipinski definition) is 1. The third-order valence-corrected chi connectivity index (χ3v) is 2.95. The van der Waals surface area contributed by atoms with Crippen molar-refractivity contribution in [2.24, 2.45) is 5.41 Å². The van der Waals surface area contributed by atoms with Crippen molar-refractivity contribution < 1.29 is 5.11 Å². The molecule has 0 aromatic rings. The van der Waals surface area contributed by atoms with Crippen LogP contribution in [0.15, 0.2) is 0 Å². The lowest BCUT2D eigenvalue weighted by atomic mass is 9.66. The average Bonchev–Trinajstić information content (AvgIpc) is 1.77. The van der Waals surface area contributed by atoms with E-state index in [-0.39, 0.29) is 5.41 Å². The van der Waals surface area contributed by atoms with Crippen molar-refractivity contribution >= 4 is 0 Å². The highest BCUT2D eigenvalue weighted by atomic mass is 16.3. The van der Waals surface area contributed by atoms with Crippen LogP contribution >= 0.6 is 0 Å². The molecule has 1 saturated carbocycles. The van der Waals surface area contributed by atoms with E-state index in [1.807, 2.05) is 6.92 Å². The van der Waals surface area contributed by atoms with Gasteiger partial charge in [0.05, 0.1) is 5.60 Å². The molecule has 10 heavy (non-hydrogen) atoms. The third kappa shape index (κ3) is 1.20. The second kappa shape index (κ2) is 2.23. The zero-order chi connectivity index (χ0) is 7.83. The van der Waals surface area contributed by atoms with Crippen LogP contribution < -0.4 is 0 Å². The summed E-state index contributed by atoms with van der Waals surface area (Å²) < 4.78 is 0. The molecule has 1 atom stereocenters. The van der Waals surface area contributed by atoms with Crippen LogP contribution in [0.25, 0.3) is 0 Å². The lowest BCUT2D eigenvalue weighted by Crippen LogP contribution is -2.44. The summed E-state index contributed by atoms with van der Waals surface area (Å²) in [6.07, 6.45) is 5.30. The molecule has 1 N–H and O–H groups in total. The lowest BCUT2D eigenvalue weighted by molar-refractivity contribution is -0.0703. The molecule has 1 radical (unpaired) electrons. The van der Waals surface area contributed by atoms with E-state index in [9.17, 15) is 5.11 Å². The standard InChI is InChI=1S/C9H17O/c1-8(2)6-4-5-7-9(8,3)10/h4,10H,5-7H2,1-3H3. The molecule has 1 fully saturated rings. The molecule has 0 aromatic carbocycles. The minimum Gasteiger partial charge on any atom is -0.390 e. The second-order valence-corrected chi connectivity index (χ2v) is 4.19. The molecule has 1 aliphatic rings. The Labute approximate surface area is 63.4 Å². The fourth-order valence-corrected chi connectivity index (χ4v) is 1.40. The van der Waals surface area contributed by atoms with Crippen LogP contribution in [0.1, 0.15) is 40.0 Å². The fraction of sp³-hybridized carbons (Fsp3) is 0.889. The van der Waals surface area contributed by atoms with Crippen molar-refractivity contribution in [1.29, 1.82) is 0 Å². The normalized spacial score (nSPS) is 39.6. The second-order valence-electron chi connectivity index (χ2n) is 4.19. The highest BCUT2D eigenvalue weighted by Gasteiger charge is 2.40. The molecule has 0 saturated heterocycles. The highest BCUT2D eigenvalue weighted by Crippen LogP contribution is 2.42. The van der Waals surface area contributed by atoms with Gasteiger partial charge in [-0.1, -0.05) is 13.8 Å². The van der Waals surface area contributed by atoms with Crippen molar-refractivity contribution in [2.45, 2.75) is 45.6 Å². The zero-order valence-corrected chi connectivity index (χ0v) is 7.15. The molecular weight excluding hydrogens is 124 g/mol. The number of rotatable bonds is 0. The summed E-state index contributed by atoms with van der Waals surface area (Å²) in [5.74, 6) is 0. The van der Waals surface area contributed by atoms with Gasteiger partial charge in [-0.05, 0) is 38.0 Å². The van der Waals surface area contributed by atoms with Gasteiger partial charge in [-0.25, -0.2) is 0 Å². The monoisotopic (exact) mass is 141 g/mol. The van der Waals surface area contributed by atoms with Gasteiger partial charge in [0.1, 0.15) is 0 Å². The fourth-order valence-electron chi connectivity index (χ4n) is 1.40. The summed E-state index contributed by atoms with van der Waals surface area (Å²) in [5, 5.41) is 9.88. The summed E-state index contributed by atoms with van der Waals surface area (Å²) >= 11 is 0. The van der Waals surface area contributed by atoms with E-state index in [1.54, 1.807) is 0 Å². The van der Waals surface area contributed by atoms with Crippen LogP contribution in [-0.2, 0) is 0 Å². The first-order valence-corrected chi connectivity index (χ1v) is 4.00. The number of hydrogen-bond donors (Lipinski definition) is 1. The first-order valence-electron chi connectivity index (χ1n) is 4.00. The molecule has 1 nitrogen and oxygen atoms in total. The molecule has 59 valence electrons. The summed E-state index contributed by atoms with van der Waals surface area (Å²) in [5.41, 5.74) is -0.382. The Balaban J connectivity index is 2.70. The summed E-state index contributed by atoms with van der Waals surface area (Å²) in [6.45, 7) is 6.20. The van der Waals surface area contributed by atoms with Crippen LogP contribution in [-0.4, -0.2) is 10.7 Å². The molecule has 0 spiro atoms.